The molecule has 0 aliphatic carbocycles. The third kappa shape index (κ3) is 7.97. The van der Waals surface area contributed by atoms with Crippen LogP contribution >= 0.6 is 11.6 Å². The minimum absolute atomic E-state index is 0.163. The van der Waals surface area contributed by atoms with E-state index in [1.807, 2.05) is 6.07 Å². The van der Waals surface area contributed by atoms with Gasteiger partial charge in [0.1, 0.15) is 12.4 Å². The summed E-state index contributed by atoms with van der Waals surface area (Å²) >= 11 is 5.85. The Morgan fingerprint density at radius 3 is 2.12 bits per heavy atom. The average Bonchev–Trinajstić information content (AvgIpc) is 2.85. The van der Waals surface area contributed by atoms with Crippen molar-refractivity contribution in [3.8, 4) is 5.75 Å². The third-order valence-electron chi connectivity index (χ3n) is 4.65. The number of hydrazine groups is 1. The van der Waals surface area contributed by atoms with Crippen molar-refractivity contribution in [3.05, 3.63) is 101 Å². The normalized spacial score (nSPS) is 10.2. The summed E-state index contributed by atoms with van der Waals surface area (Å²) in [6.45, 7) is 0.704. The summed E-state index contributed by atoms with van der Waals surface area (Å²) in [6.07, 6.45) is 0.610. The number of benzene rings is 3. The monoisotopic (exact) mass is 465 g/mol. The van der Waals surface area contributed by atoms with E-state index in [-0.39, 0.29) is 18.2 Å². The molecule has 0 saturated heterocycles. The van der Waals surface area contributed by atoms with Gasteiger partial charge in [-0.05, 0) is 60.5 Å². The van der Waals surface area contributed by atoms with Crippen molar-refractivity contribution in [3.63, 3.8) is 0 Å². The number of carbonyl (C=O) groups excluding carboxylic acids is 3. The second kappa shape index (κ2) is 12.3. The Morgan fingerprint density at radius 1 is 0.758 bits per heavy atom. The van der Waals surface area contributed by atoms with Gasteiger partial charge in [-0.25, -0.2) is 0 Å². The summed E-state index contributed by atoms with van der Waals surface area (Å²) in [5.41, 5.74) is 6.63. The molecule has 0 spiro atoms. The highest BCUT2D eigenvalue weighted by Gasteiger charge is 2.09. The summed E-state index contributed by atoms with van der Waals surface area (Å²) in [5, 5.41) is 3.39. The van der Waals surface area contributed by atoms with Crippen LogP contribution in [-0.2, 0) is 11.4 Å². The van der Waals surface area contributed by atoms with Gasteiger partial charge in [-0.3, -0.25) is 25.2 Å². The molecule has 0 aliphatic rings. The molecule has 0 aliphatic heterocycles. The van der Waals surface area contributed by atoms with E-state index in [2.05, 4.69) is 16.2 Å². The van der Waals surface area contributed by atoms with Crippen LogP contribution in [0.25, 0.3) is 0 Å². The number of ether oxygens (including phenoxy) is 1. The maximum absolute atomic E-state index is 12.2. The number of hydrogen-bond donors (Lipinski definition) is 3. The van der Waals surface area contributed by atoms with Crippen LogP contribution in [0.5, 0.6) is 5.75 Å². The quantitative estimate of drug-likeness (QED) is 0.330. The maximum Gasteiger partial charge on any atom is 0.269 e. The molecular weight excluding hydrogens is 442 g/mol. The van der Waals surface area contributed by atoms with Gasteiger partial charge in [-0.2, -0.15) is 0 Å². The smallest absolute Gasteiger partial charge is 0.269 e. The lowest BCUT2D eigenvalue weighted by molar-refractivity contribution is -0.121. The first-order valence-corrected chi connectivity index (χ1v) is 10.8. The molecule has 0 unspecified atom stereocenters. The number of carbonyl (C=O) groups is 3. The van der Waals surface area contributed by atoms with Crippen LogP contribution in [0, 0.1) is 0 Å². The molecule has 33 heavy (non-hydrogen) atoms. The molecule has 0 fully saturated rings. The van der Waals surface area contributed by atoms with Gasteiger partial charge < -0.3 is 10.1 Å². The summed E-state index contributed by atoms with van der Waals surface area (Å²) in [4.78, 5) is 36.1. The summed E-state index contributed by atoms with van der Waals surface area (Å²) in [5.74, 6) is -0.258. The molecular formula is C25H24ClN3O4. The summed E-state index contributed by atoms with van der Waals surface area (Å²) in [7, 11) is 0. The standard InChI is InChI=1S/C25H24ClN3O4/c26-21-12-14-22(15-13-21)33-17-18-8-10-20(11-9-18)25(32)29-28-23(30)7-4-16-27-24(31)19-5-2-1-3-6-19/h1-3,5-6,8-15H,4,7,16-17H2,(H,27,31)(H,28,30)(H,29,32). The second-order valence-corrected chi connectivity index (χ2v) is 7.60. The lowest BCUT2D eigenvalue weighted by Gasteiger charge is -2.09. The SMILES string of the molecule is O=C(CCCNC(=O)c1ccccc1)NNC(=O)c1ccc(COc2ccc(Cl)cc2)cc1. The van der Waals surface area contributed by atoms with E-state index in [1.54, 1.807) is 72.8 Å². The number of rotatable bonds is 9. The van der Waals surface area contributed by atoms with Crippen LogP contribution in [0.3, 0.4) is 0 Å². The van der Waals surface area contributed by atoms with Gasteiger partial charge >= 0.3 is 0 Å². The van der Waals surface area contributed by atoms with E-state index in [0.717, 1.165) is 5.56 Å². The molecule has 170 valence electrons. The fraction of sp³-hybridized carbons (Fsp3) is 0.160. The molecule has 3 amide bonds. The van der Waals surface area contributed by atoms with Gasteiger partial charge in [-0.1, -0.05) is 41.9 Å². The van der Waals surface area contributed by atoms with Crippen LogP contribution in [0.1, 0.15) is 39.1 Å². The Labute approximate surface area is 197 Å². The lowest BCUT2D eigenvalue weighted by atomic mass is 10.1. The number of nitrogens with one attached hydrogen (secondary N) is 3. The van der Waals surface area contributed by atoms with Gasteiger partial charge in [0.25, 0.3) is 11.8 Å². The van der Waals surface area contributed by atoms with Crippen LogP contribution < -0.4 is 20.9 Å². The number of amides is 3. The largest absolute Gasteiger partial charge is 0.489 e. The van der Waals surface area contributed by atoms with Crippen LogP contribution in [0.15, 0.2) is 78.9 Å². The lowest BCUT2D eigenvalue weighted by Crippen LogP contribution is -2.41. The Balaban J connectivity index is 1.33. The molecule has 7 nitrogen and oxygen atoms in total. The number of hydrogen-bond acceptors (Lipinski definition) is 4. The first kappa shape index (κ1) is 23.8. The molecule has 0 saturated carbocycles. The Morgan fingerprint density at radius 2 is 1.42 bits per heavy atom. The maximum atomic E-state index is 12.2. The van der Waals surface area contributed by atoms with Crippen LogP contribution in [0.2, 0.25) is 5.02 Å². The molecule has 3 aromatic rings. The zero-order chi connectivity index (χ0) is 23.5. The summed E-state index contributed by atoms with van der Waals surface area (Å²) in [6, 6.07) is 22.8. The molecule has 8 heteroatoms. The minimum Gasteiger partial charge on any atom is -0.489 e. The van der Waals surface area contributed by atoms with E-state index in [4.69, 9.17) is 16.3 Å². The molecule has 3 aromatic carbocycles. The molecule has 3 N–H and O–H groups in total. The zero-order valence-corrected chi connectivity index (χ0v) is 18.6. The van der Waals surface area contributed by atoms with Gasteiger partial charge in [0.2, 0.25) is 5.91 Å². The summed E-state index contributed by atoms with van der Waals surface area (Å²) < 4.78 is 5.67. The minimum atomic E-state index is -0.425. The highest BCUT2D eigenvalue weighted by atomic mass is 35.5. The highest BCUT2D eigenvalue weighted by molar-refractivity contribution is 6.30. The van der Waals surface area contributed by atoms with Crippen molar-refractivity contribution in [1.29, 1.82) is 0 Å². The van der Waals surface area contributed by atoms with Crippen LogP contribution in [-0.4, -0.2) is 24.3 Å². The predicted molar refractivity (Wildman–Crippen MR) is 126 cm³/mol. The first-order valence-electron chi connectivity index (χ1n) is 10.4. The Kier molecular flexibility index (Phi) is 8.85. The van der Waals surface area contributed by atoms with Crippen molar-refractivity contribution in [2.45, 2.75) is 19.4 Å². The molecule has 0 heterocycles. The highest BCUT2D eigenvalue weighted by Crippen LogP contribution is 2.17. The van der Waals surface area contributed by atoms with E-state index < -0.39 is 5.91 Å². The molecule has 3 rings (SSSR count). The third-order valence-corrected chi connectivity index (χ3v) is 4.90. The molecule has 0 radical (unpaired) electrons. The van der Waals surface area contributed by atoms with Crippen LogP contribution in [0.4, 0.5) is 0 Å². The van der Waals surface area contributed by atoms with Crippen molar-refractivity contribution >= 4 is 29.3 Å². The average molecular weight is 466 g/mol. The van der Waals surface area contributed by atoms with E-state index in [9.17, 15) is 14.4 Å². The van der Waals surface area contributed by atoms with Gasteiger partial charge in [0.05, 0.1) is 0 Å². The van der Waals surface area contributed by atoms with E-state index >= 15 is 0 Å². The van der Waals surface area contributed by atoms with Crippen molar-refractivity contribution in [1.82, 2.24) is 16.2 Å². The number of halogens is 1. The second-order valence-electron chi connectivity index (χ2n) is 7.17. The van der Waals surface area contributed by atoms with Crippen molar-refractivity contribution in [2.24, 2.45) is 0 Å². The van der Waals surface area contributed by atoms with E-state index in [0.29, 0.717) is 41.5 Å². The fourth-order valence-electron chi connectivity index (χ4n) is 2.85. The molecule has 0 atom stereocenters. The Hall–Kier alpha value is -3.84. The molecule has 0 bridgehead atoms. The topological polar surface area (TPSA) is 96.5 Å². The Bertz CT molecular complexity index is 1070. The van der Waals surface area contributed by atoms with Gasteiger partial charge in [0.15, 0.2) is 0 Å². The molecule has 0 aromatic heterocycles. The zero-order valence-electron chi connectivity index (χ0n) is 17.8. The predicted octanol–water partition coefficient (Wildman–Crippen LogP) is 3.89. The first-order chi connectivity index (χ1) is 16.0. The van der Waals surface area contributed by atoms with E-state index in [1.165, 1.54) is 0 Å². The van der Waals surface area contributed by atoms with Gasteiger partial charge in [0, 0.05) is 29.1 Å². The van der Waals surface area contributed by atoms with Crippen molar-refractivity contribution < 1.29 is 19.1 Å². The fourth-order valence-corrected chi connectivity index (χ4v) is 2.98. The van der Waals surface area contributed by atoms with Crippen molar-refractivity contribution in [2.75, 3.05) is 6.54 Å². The van der Waals surface area contributed by atoms with Gasteiger partial charge in [-0.15, -0.1) is 0 Å².